The van der Waals surface area contributed by atoms with Crippen LogP contribution < -0.4 is 0 Å². The summed E-state index contributed by atoms with van der Waals surface area (Å²) in [7, 11) is 0. The number of hydrogen-bond acceptors (Lipinski definition) is 2. The molecule has 0 spiro atoms. The Labute approximate surface area is 75.0 Å². The molecule has 0 aliphatic carbocycles. The molecule has 0 aromatic rings. The van der Waals surface area contributed by atoms with Crippen LogP contribution in [-0.2, 0) is 9.47 Å². The zero-order valence-electron chi connectivity index (χ0n) is 7.43. The van der Waals surface area contributed by atoms with Gasteiger partial charge in [-0.05, 0) is 26.2 Å². The van der Waals surface area contributed by atoms with E-state index in [1.165, 1.54) is 0 Å². The van der Waals surface area contributed by atoms with Crippen molar-refractivity contribution in [1.29, 1.82) is 0 Å². The summed E-state index contributed by atoms with van der Waals surface area (Å²) in [4.78, 5) is 0. The van der Waals surface area contributed by atoms with Gasteiger partial charge in [-0.1, -0.05) is 0 Å². The van der Waals surface area contributed by atoms with Crippen molar-refractivity contribution in [2.45, 2.75) is 44.8 Å². The van der Waals surface area contributed by atoms with Crippen LogP contribution in [0.25, 0.3) is 0 Å². The molecule has 0 aromatic carbocycles. The Morgan fingerprint density at radius 1 is 1.38 bits per heavy atom. The molecule has 1 saturated heterocycles. The topological polar surface area (TPSA) is 18.5 Å². The molecule has 0 aromatic heterocycles. The van der Waals surface area contributed by atoms with Crippen LogP contribution in [0.15, 0.2) is 0 Å². The number of alkyl halides is 3. The van der Waals surface area contributed by atoms with Crippen molar-refractivity contribution >= 4 is 0 Å². The van der Waals surface area contributed by atoms with Gasteiger partial charge in [-0.3, -0.25) is 0 Å². The van der Waals surface area contributed by atoms with E-state index in [1.54, 1.807) is 0 Å². The van der Waals surface area contributed by atoms with Gasteiger partial charge in [0.2, 0.25) is 0 Å². The van der Waals surface area contributed by atoms with Crippen LogP contribution >= 0.6 is 0 Å². The maximum atomic E-state index is 12.0. The fraction of sp³-hybridized carbons (Fsp3) is 1.00. The van der Waals surface area contributed by atoms with E-state index in [0.717, 1.165) is 19.8 Å². The minimum Gasteiger partial charge on any atom is -0.353 e. The number of hydrogen-bond donors (Lipinski definition) is 0. The lowest BCUT2D eigenvalue weighted by Crippen LogP contribution is -2.35. The summed E-state index contributed by atoms with van der Waals surface area (Å²) in [6.45, 7) is 1.49. The van der Waals surface area contributed by atoms with Gasteiger partial charge in [-0.25, -0.2) is 0 Å². The summed E-state index contributed by atoms with van der Waals surface area (Å²) in [5.74, 6) is 0. The third-order valence-corrected chi connectivity index (χ3v) is 1.95. The highest BCUT2D eigenvalue weighted by Gasteiger charge is 2.38. The predicted octanol–water partition coefficient (Wildman–Crippen LogP) is 2.48. The minimum absolute atomic E-state index is 0.495. The Kier molecular flexibility index (Phi) is 3.55. The predicted molar refractivity (Wildman–Crippen MR) is 40.2 cm³/mol. The molecule has 13 heavy (non-hydrogen) atoms. The van der Waals surface area contributed by atoms with Crippen LogP contribution in [0.4, 0.5) is 13.2 Å². The summed E-state index contributed by atoms with van der Waals surface area (Å²) in [6.07, 6.45) is -4.38. The fourth-order valence-corrected chi connectivity index (χ4v) is 1.12. The van der Waals surface area contributed by atoms with Crippen molar-refractivity contribution in [3.63, 3.8) is 0 Å². The second-order valence-corrected chi connectivity index (χ2v) is 3.12. The first-order chi connectivity index (χ1) is 6.00. The molecule has 2 nitrogen and oxygen atoms in total. The van der Waals surface area contributed by atoms with E-state index in [2.05, 4.69) is 0 Å². The Balaban J connectivity index is 2.30. The highest BCUT2D eigenvalue weighted by Crippen LogP contribution is 2.25. The standard InChI is InChI=1S/C8H13F3O2/c1-6(8(9,10)11)13-7-4-2-3-5-12-7/h6-7H,2-5H2,1H3. The molecule has 0 N–H and O–H groups in total. The van der Waals surface area contributed by atoms with E-state index in [-0.39, 0.29) is 0 Å². The quantitative estimate of drug-likeness (QED) is 0.678. The van der Waals surface area contributed by atoms with Gasteiger partial charge in [0.25, 0.3) is 0 Å². The molecule has 0 radical (unpaired) electrons. The average molecular weight is 198 g/mol. The van der Waals surface area contributed by atoms with Crippen molar-refractivity contribution in [2.75, 3.05) is 6.61 Å². The van der Waals surface area contributed by atoms with Crippen molar-refractivity contribution in [2.24, 2.45) is 0 Å². The van der Waals surface area contributed by atoms with Crippen LogP contribution in [0.3, 0.4) is 0 Å². The van der Waals surface area contributed by atoms with Crippen LogP contribution in [0, 0.1) is 0 Å². The van der Waals surface area contributed by atoms with Crippen LogP contribution in [0.2, 0.25) is 0 Å². The molecular formula is C8H13F3O2. The number of halogens is 3. The molecule has 5 heteroatoms. The third kappa shape index (κ3) is 3.52. The Bertz CT molecular complexity index is 152. The van der Waals surface area contributed by atoms with Crippen molar-refractivity contribution in [3.05, 3.63) is 0 Å². The SMILES string of the molecule is CC(OC1CCCCO1)C(F)(F)F. The third-order valence-electron chi connectivity index (χ3n) is 1.95. The molecule has 0 bridgehead atoms. The summed E-state index contributed by atoms with van der Waals surface area (Å²) < 4.78 is 45.8. The molecule has 0 amide bonds. The summed E-state index contributed by atoms with van der Waals surface area (Å²) in [5.41, 5.74) is 0. The van der Waals surface area contributed by atoms with E-state index >= 15 is 0 Å². The highest BCUT2D eigenvalue weighted by atomic mass is 19.4. The monoisotopic (exact) mass is 198 g/mol. The molecule has 78 valence electrons. The second kappa shape index (κ2) is 4.28. The maximum Gasteiger partial charge on any atom is 0.414 e. The minimum atomic E-state index is -4.29. The second-order valence-electron chi connectivity index (χ2n) is 3.12. The van der Waals surface area contributed by atoms with E-state index in [1.807, 2.05) is 0 Å². The van der Waals surface area contributed by atoms with Gasteiger partial charge >= 0.3 is 6.18 Å². The average Bonchev–Trinajstić information content (AvgIpc) is 2.04. The van der Waals surface area contributed by atoms with Gasteiger partial charge in [0, 0.05) is 6.61 Å². The maximum absolute atomic E-state index is 12.0. The molecule has 1 aliphatic rings. The highest BCUT2D eigenvalue weighted by molar-refractivity contribution is 4.63. The Hall–Kier alpha value is -0.290. The van der Waals surface area contributed by atoms with Crippen LogP contribution in [0.5, 0.6) is 0 Å². The summed E-state index contributed by atoms with van der Waals surface area (Å²) >= 11 is 0. The lowest BCUT2D eigenvalue weighted by atomic mass is 10.2. The first kappa shape index (κ1) is 10.8. The van der Waals surface area contributed by atoms with E-state index in [4.69, 9.17) is 9.47 Å². The van der Waals surface area contributed by atoms with Crippen molar-refractivity contribution in [3.8, 4) is 0 Å². The first-order valence-electron chi connectivity index (χ1n) is 4.34. The number of rotatable bonds is 2. The molecule has 1 fully saturated rings. The Morgan fingerprint density at radius 3 is 2.54 bits per heavy atom. The van der Waals surface area contributed by atoms with E-state index in [9.17, 15) is 13.2 Å². The zero-order valence-corrected chi connectivity index (χ0v) is 7.43. The Morgan fingerprint density at radius 2 is 2.08 bits per heavy atom. The molecule has 2 atom stereocenters. The van der Waals surface area contributed by atoms with Crippen molar-refractivity contribution < 1.29 is 22.6 Å². The zero-order chi connectivity index (χ0) is 9.90. The summed E-state index contributed by atoms with van der Waals surface area (Å²) in [6, 6.07) is 0. The van der Waals surface area contributed by atoms with Gasteiger partial charge in [0.05, 0.1) is 0 Å². The fourth-order valence-electron chi connectivity index (χ4n) is 1.12. The molecule has 0 saturated carbocycles. The van der Waals surface area contributed by atoms with E-state index in [0.29, 0.717) is 13.0 Å². The van der Waals surface area contributed by atoms with Gasteiger partial charge in [0.1, 0.15) is 0 Å². The number of ether oxygens (including phenoxy) is 2. The normalized spacial score (nSPS) is 27.2. The smallest absolute Gasteiger partial charge is 0.353 e. The molecular weight excluding hydrogens is 185 g/mol. The molecule has 1 aliphatic heterocycles. The van der Waals surface area contributed by atoms with Crippen molar-refractivity contribution in [1.82, 2.24) is 0 Å². The van der Waals surface area contributed by atoms with Gasteiger partial charge in [-0.15, -0.1) is 0 Å². The summed E-state index contributed by atoms with van der Waals surface area (Å²) in [5, 5.41) is 0. The molecule has 1 heterocycles. The molecule has 1 rings (SSSR count). The molecule has 2 unspecified atom stereocenters. The lowest BCUT2D eigenvalue weighted by molar-refractivity contribution is -0.272. The van der Waals surface area contributed by atoms with Gasteiger partial charge in [0.15, 0.2) is 12.4 Å². The van der Waals surface area contributed by atoms with Crippen LogP contribution in [0.1, 0.15) is 26.2 Å². The van der Waals surface area contributed by atoms with Gasteiger partial charge < -0.3 is 9.47 Å². The van der Waals surface area contributed by atoms with Gasteiger partial charge in [-0.2, -0.15) is 13.2 Å². The lowest BCUT2D eigenvalue weighted by Gasteiger charge is -2.26. The first-order valence-corrected chi connectivity index (χ1v) is 4.34. The van der Waals surface area contributed by atoms with Crippen LogP contribution in [-0.4, -0.2) is 25.2 Å². The van der Waals surface area contributed by atoms with E-state index < -0.39 is 18.6 Å². The largest absolute Gasteiger partial charge is 0.414 e.